The number of anilines is 2. The molecule has 2 aromatic rings. The Hall–Kier alpha value is -2.56. The van der Waals surface area contributed by atoms with Crippen molar-refractivity contribution in [3.8, 4) is 0 Å². The van der Waals surface area contributed by atoms with Crippen molar-refractivity contribution in [3.05, 3.63) is 53.7 Å². The number of rotatable bonds is 5. The van der Waals surface area contributed by atoms with E-state index in [-0.39, 0.29) is 11.9 Å². The number of benzene rings is 1. The third-order valence-corrected chi connectivity index (χ3v) is 4.97. The first-order chi connectivity index (χ1) is 12.6. The Bertz CT molecular complexity index is 736. The predicted molar refractivity (Wildman–Crippen MR) is 107 cm³/mol. The number of aryl methyl sites for hydroxylation is 1. The highest BCUT2D eigenvalue weighted by Crippen LogP contribution is 2.20. The van der Waals surface area contributed by atoms with Crippen LogP contribution in [-0.2, 0) is 0 Å². The van der Waals surface area contributed by atoms with Crippen molar-refractivity contribution < 1.29 is 4.79 Å². The number of nitrogens with zero attached hydrogens (tertiary/aromatic N) is 3. The van der Waals surface area contributed by atoms with Crippen LogP contribution in [0, 0.1) is 6.92 Å². The standard InChI is InChI=1S/C21H28N4O/c1-4-17(3)23-21(26)18-8-9-20(22-15-18)25-12-10-24(11-13-25)19-7-5-6-16(2)14-19/h5-9,14-15,17H,4,10-13H2,1-3H3,(H,23,26). The lowest BCUT2D eigenvalue weighted by Gasteiger charge is -2.36. The molecule has 3 rings (SSSR count). The van der Waals surface area contributed by atoms with Gasteiger partial charge in [-0.3, -0.25) is 4.79 Å². The van der Waals surface area contributed by atoms with Gasteiger partial charge in [-0.1, -0.05) is 19.1 Å². The number of pyridine rings is 1. The van der Waals surface area contributed by atoms with Crippen LogP contribution in [0.4, 0.5) is 11.5 Å². The van der Waals surface area contributed by atoms with E-state index in [0.29, 0.717) is 5.56 Å². The van der Waals surface area contributed by atoms with Crippen LogP contribution in [0.25, 0.3) is 0 Å². The van der Waals surface area contributed by atoms with Crippen molar-refractivity contribution in [2.24, 2.45) is 0 Å². The van der Waals surface area contributed by atoms with Gasteiger partial charge in [0.05, 0.1) is 5.56 Å². The summed E-state index contributed by atoms with van der Waals surface area (Å²) in [5, 5.41) is 2.97. The van der Waals surface area contributed by atoms with E-state index in [2.05, 4.69) is 58.2 Å². The fourth-order valence-electron chi connectivity index (χ4n) is 3.14. The van der Waals surface area contributed by atoms with E-state index in [1.54, 1.807) is 6.20 Å². The molecule has 1 atom stereocenters. The molecule has 138 valence electrons. The Morgan fingerprint density at radius 1 is 1.15 bits per heavy atom. The fourth-order valence-corrected chi connectivity index (χ4v) is 3.14. The normalized spacial score (nSPS) is 15.7. The average Bonchev–Trinajstić information content (AvgIpc) is 2.68. The molecular weight excluding hydrogens is 324 g/mol. The summed E-state index contributed by atoms with van der Waals surface area (Å²) in [6.07, 6.45) is 2.60. The van der Waals surface area contributed by atoms with Gasteiger partial charge >= 0.3 is 0 Å². The summed E-state index contributed by atoms with van der Waals surface area (Å²) in [6, 6.07) is 12.6. The Kier molecular flexibility index (Phi) is 5.76. The molecule has 1 aromatic heterocycles. The first kappa shape index (κ1) is 18.2. The molecule has 0 spiro atoms. The van der Waals surface area contributed by atoms with Crippen LogP contribution in [0.2, 0.25) is 0 Å². The maximum Gasteiger partial charge on any atom is 0.253 e. The zero-order valence-corrected chi connectivity index (χ0v) is 15.9. The van der Waals surface area contributed by atoms with Crippen molar-refractivity contribution in [2.45, 2.75) is 33.2 Å². The first-order valence-electron chi connectivity index (χ1n) is 9.40. The molecule has 1 amide bonds. The van der Waals surface area contributed by atoms with Gasteiger partial charge in [0.1, 0.15) is 5.82 Å². The van der Waals surface area contributed by atoms with Crippen molar-refractivity contribution in [3.63, 3.8) is 0 Å². The molecule has 2 heterocycles. The molecule has 1 fully saturated rings. The molecule has 1 aliphatic rings. The lowest BCUT2D eigenvalue weighted by molar-refractivity contribution is 0.0939. The van der Waals surface area contributed by atoms with Crippen LogP contribution in [0.1, 0.15) is 36.2 Å². The molecule has 1 unspecified atom stereocenters. The van der Waals surface area contributed by atoms with Gasteiger partial charge in [0.15, 0.2) is 0 Å². The molecule has 1 aromatic carbocycles. The third kappa shape index (κ3) is 4.34. The van der Waals surface area contributed by atoms with Gasteiger partial charge in [0.25, 0.3) is 5.91 Å². The van der Waals surface area contributed by atoms with E-state index in [9.17, 15) is 4.79 Å². The lowest BCUT2D eigenvalue weighted by Crippen LogP contribution is -2.46. The molecule has 1 saturated heterocycles. The van der Waals surface area contributed by atoms with E-state index in [1.807, 2.05) is 19.1 Å². The average molecular weight is 352 g/mol. The number of hydrogen-bond acceptors (Lipinski definition) is 4. The zero-order valence-electron chi connectivity index (χ0n) is 15.9. The van der Waals surface area contributed by atoms with E-state index in [0.717, 1.165) is 38.4 Å². The van der Waals surface area contributed by atoms with Crippen LogP contribution in [0.3, 0.4) is 0 Å². The number of aromatic nitrogens is 1. The summed E-state index contributed by atoms with van der Waals surface area (Å²) in [7, 11) is 0. The van der Waals surface area contributed by atoms with Gasteiger partial charge in [-0.25, -0.2) is 4.98 Å². The molecule has 26 heavy (non-hydrogen) atoms. The second kappa shape index (κ2) is 8.21. The van der Waals surface area contributed by atoms with E-state index >= 15 is 0 Å². The second-order valence-electron chi connectivity index (χ2n) is 7.00. The van der Waals surface area contributed by atoms with E-state index in [1.165, 1.54) is 11.3 Å². The SMILES string of the molecule is CCC(C)NC(=O)c1ccc(N2CCN(c3cccc(C)c3)CC2)nc1. The van der Waals surface area contributed by atoms with Crippen molar-refractivity contribution >= 4 is 17.4 Å². The topological polar surface area (TPSA) is 48.5 Å². The summed E-state index contributed by atoms with van der Waals surface area (Å²) in [5.41, 5.74) is 3.19. The molecule has 1 aliphatic heterocycles. The molecule has 5 heteroatoms. The zero-order chi connectivity index (χ0) is 18.5. The third-order valence-electron chi connectivity index (χ3n) is 4.97. The Morgan fingerprint density at radius 2 is 1.88 bits per heavy atom. The minimum absolute atomic E-state index is 0.0531. The van der Waals surface area contributed by atoms with Gasteiger partial charge in [0, 0.05) is 44.1 Å². The Morgan fingerprint density at radius 3 is 2.50 bits per heavy atom. The maximum atomic E-state index is 12.2. The number of nitrogens with one attached hydrogen (secondary N) is 1. The number of amides is 1. The van der Waals surface area contributed by atoms with Crippen LogP contribution in [0.5, 0.6) is 0 Å². The van der Waals surface area contributed by atoms with Crippen LogP contribution in [0.15, 0.2) is 42.6 Å². The molecule has 0 radical (unpaired) electrons. The number of carbonyl (C=O) groups is 1. The van der Waals surface area contributed by atoms with Crippen molar-refractivity contribution in [1.29, 1.82) is 0 Å². The summed E-state index contributed by atoms with van der Waals surface area (Å²) < 4.78 is 0. The molecular formula is C21H28N4O. The van der Waals surface area contributed by atoms with Gasteiger partial charge in [0.2, 0.25) is 0 Å². The number of piperazine rings is 1. The quantitative estimate of drug-likeness (QED) is 0.897. The fraction of sp³-hybridized carbons (Fsp3) is 0.429. The van der Waals surface area contributed by atoms with Gasteiger partial charge in [-0.05, 0) is 50.1 Å². The van der Waals surface area contributed by atoms with Gasteiger partial charge in [-0.2, -0.15) is 0 Å². The Labute approximate surface area is 156 Å². The van der Waals surface area contributed by atoms with Crippen LogP contribution >= 0.6 is 0 Å². The molecule has 0 aliphatic carbocycles. The summed E-state index contributed by atoms with van der Waals surface area (Å²) in [5.74, 6) is 0.886. The van der Waals surface area contributed by atoms with Gasteiger partial charge < -0.3 is 15.1 Å². The van der Waals surface area contributed by atoms with Crippen LogP contribution in [-0.4, -0.2) is 43.1 Å². The minimum atomic E-state index is -0.0531. The highest BCUT2D eigenvalue weighted by molar-refractivity contribution is 5.94. The predicted octanol–water partition coefficient (Wildman–Crippen LogP) is 3.24. The largest absolute Gasteiger partial charge is 0.368 e. The van der Waals surface area contributed by atoms with Gasteiger partial charge in [-0.15, -0.1) is 0 Å². The highest BCUT2D eigenvalue weighted by Gasteiger charge is 2.19. The minimum Gasteiger partial charge on any atom is -0.368 e. The molecule has 1 N–H and O–H groups in total. The molecule has 5 nitrogen and oxygen atoms in total. The summed E-state index contributed by atoms with van der Waals surface area (Å²) in [4.78, 5) is 21.4. The van der Waals surface area contributed by atoms with E-state index < -0.39 is 0 Å². The van der Waals surface area contributed by atoms with Crippen molar-refractivity contribution in [1.82, 2.24) is 10.3 Å². The van der Waals surface area contributed by atoms with Crippen LogP contribution < -0.4 is 15.1 Å². The second-order valence-corrected chi connectivity index (χ2v) is 7.00. The summed E-state index contributed by atoms with van der Waals surface area (Å²) >= 11 is 0. The first-order valence-corrected chi connectivity index (χ1v) is 9.40. The van der Waals surface area contributed by atoms with E-state index in [4.69, 9.17) is 0 Å². The summed E-state index contributed by atoms with van der Waals surface area (Å²) in [6.45, 7) is 10.0. The molecule has 0 bridgehead atoms. The number of carbonyl (C=O) groups excluding carboxylic acids is 1. The number of hydrogen-bond donors (Lipinski definition) is 1. The molecule has 0 saturated carbocycles. The monoisotopic (exact) mass is 352 g/mol. The maximum absolute atomic E-state index is 12.2. The smallest absolute Gasteiger partial charge is 0.253 e. The Balaban J connectivity index is 1.58. The lowest BCUT2D eigenvalue weighted by atomic mass is 10.2. The highest BCUT2D eigenvalue weighted by atomic mass is 16.1. The van der Waals surface area contributed by atoms with Crippen molar-refractivity contribution in [2.75, 3.05) is 36.0 Å².